The molecule has 0 saturated heterocycles. The van der Waals surface area contributed by atoms with E-state index in [-0.39, 0.29) is 52.8 Å². The van der Waals surface area contributed by atoms with Crippen molar-refractivity contribution in [2.24, 2.45) is 0 Å². The molecular weight excluding hydrogens is 89.1 g/mol. The van der Waals surface area contributed by atoms with Gasteiger partial charge in [0.2, 0.25) is 0 Å². The first-order valence-electron chi connectivity index (χ1n) is 1.28. The van der Waals surface area contributed by atoms with Gasteiger partial charge < -0.3 is 1.43 Å². The van der Waals surface area contributed by atoms with Crippen LogP contribution in [0.4, 0.5) is 0 Å². The van der Waals surface area contributed by atoms with E-state index < -0.39 is 0 Å². The molecule has 0 N–H and O–H groups in total. The summed E-state index contributed by atoms with van der Waals surface area (Å²) in [5.74, 6) is 0. The first-order chi connectivity index (χ1) is 1.91. The molecule has 0 radical (unpaired) electrons. The van der Waals surface area contributed by atoms with Crippen LogP contribution in [-0.2, 0) is 0 Å². The molecule has 2 heteroatoms. The molecule has 0 aliphatic carbocycles. The standard InChI is InChI=1S/C3H5N.K.H/c1-2-3-4;;/h2H2,1H3;;/q;+1;-1. The average Bonchev–Trinajstić information content (AvgIpc) is 1.37. The van der Waals surface area contributed by atoms with Crippen LogP contribution >= 0.6 is 0 Å². The molecule has 0 aromatic heterocycles. The molecule has 0 fully saturated rings. The van der Waals surface area contributed by atoms with Gasteiger partial charge in [0, 0.05) is 6.42 Å². The monoisotopic (exact) mass is 95.0 g/mol. The summed E-state index contributed by atoms with van der Waals surface area (Å²) >= 11 is 0. The fourth-order valence-corrected chi connectivity index (χ4v) is 0. The van der Waals surface area contributed by atoms with Crippen LogP contribution in [0.1, 0.15) is 14.8 Å². The van der Waals surface area contributed by atoms with E-state index >= 15 is 0 Å². The first-order valence-corrected chi connectivity index (χ1v) is 1.28. The summed E-state index contributed by atoms with van der Waals surface area (Å²) in [7, 11) is 0. The van der Waals surface area contributed by atoms with E-state index in [1.807, 2.05) is 13.0 Å². The molecule has 0 unspecified atom stereocenters. The summed E-state index contributed by atoms with van der Waals surface area (Å²) in [5.41, 5.74) is 0. The first kappa shape index (κ1) is 9.46. The zero-order valence-electron chi connectivity index (χ0n) is 4.65. The molecule has 1 nitrogen and oxygen atoms in total. The van der Waals surface area contributed by atoms with Gasteiger partial charge in [-0.15, -0.1) is 0 Å². The fourth-order valence-electron chi connectivity index (χ4n) is 0. The van der Waals surface area contributed by atoms with Crippen molar-refractivity contribution in [1.29, 1.82) is 5.26 Å². The van der Waals surface area contributed by atoms with E-state index in [9.17, 15) is 0 Å². The minimum atomic E-state index is 0. The van der Waals surface area contributed by atoms with Crippen LogP contribution in [0.2, 0.25) is 0 Å². The smallest absolute Gasteiger partial charge is 1.00 e. The fraction of sp³-hybridized carbons (Fsp3) is 0.667. The van der Waals surface area contributed by atoms with Crippen molar-refractivity contribution in [3.8, 4) is 6.07 Å². The summed E-state index contributed by atoms with van der Waals surface area (Å²) in [4.78, 5) is 0. The van der Waals surface area contributed by atoms with Crippen molar-refractivity contribution >= 4 is 0 Å². The van der Waals surface area contributed by atoms with E-state index in [2.05, 4.69) is 0 Å². The molecule has 0 spiro atoms. The van der Waals surface area contributed by atoms with Crippen LogP contribution in [-0.4, -0.2) is 0 Å². The predicted molar refractivity (Wildman–Crippen MR) is 17.0 cm³/mol. The number of nitrogens with zero attached hydrogens (tertiary/aromatic N) is 1. The summed E-state index contributed by atoms with van der Waals surface area (Å²) in [6.45, 7) is 1.82. The van der Waals surface area contributed by atoms with Crippen molar-refractivity contribution in [3.63, 3.8) is 0 Å². The molecule has 0 aromatic carbocycles. The Morgan fingerprint density at radius 3 is 2.20 bits per heavy atom. The number of hydrogen-bond acceptors (Lipinski definition) is 1. The molecule has 0 rings (SSSR count). The van der Waals surface area contributed by atoms with Crippen molar-refractivity contribution in [1.82, 2.24) is 0 Å². The van der Waals surface area contributed by atoms with Gasteiger partial charge in [0.05, 0.1) is 6.07 Å². The Bertz CT molecular complexity index is 40.5. The average molecular weight is 95.2 g/mol. The molecule has 0 saturated carbocycles. The third-order valence-corrected chi connectivity index (χ3v) is 0.158. The Balaban J connectivity index is -0.0000000450. The maximum atomic E-state index is 7.62. The van der Waals surface area contributed by atoms with E-state index in [1.54, 1.807) is 0 Å². The molecule has 0 aromatic rings. The van der Waals surface area contributed by atoms with Crippen LogP contribution in [0.25, 0.3) is 0 Å². The number of hydrogen-bond donors (Lipinski definition) is 0. The second kappa shape index (κ2) is 8.93. The van der Waals surface area contributed by atoms with Crippen LogP contribution in [0.5, 0.6) is 0 Å². The van der Waals surface area contributed by atoms with Gasteiger partial charge in [-0.3, -0.25) is 0 Å². The minimum absolute atomic E-state index is 0. The SMILES string of the molecule is CCC#N.[H-].[K+]. The van der Waals surface area contributed by atoms with Gasteiger partial charge in [0.15, 0.2) is 0 Å². The van der Waals surface area contributed by atoms with Crippen LogP contribution in [0.3, 0.4) is 0 Å². The minimum Gasteiger partial charge on any atom is -1.00 e. The molecule has 0 bridgehead atoms. The van der Waals surface area contributed by atoms with Gasteiger partial charge in [-0.2, -0.15) is 5.26 Å². The third kappa shape index (κ3) is 11.1. The van der Waals surface area contributed by atoms with Gasteiger partial charge >= 0.3 is 51.4 Å². The molecule has 5 heavy (non-hydrogen) atoms. The summed E-state index contributed by atoms with van der Waals surface area (Å²) in [5, 5.41) is 7.62. The van der Waals surface area contributed by atoms with Crippen LogP contribution in [0.15, 0.2) is 0 Å². The zero-order valence-corrected chi connectivity index (χ0v) is 6.78. The zero-order chi connectivity index (χ0) is 3.41. The van der Waals surface area contributed by atoms with Gasteiger partial charge in [0.25, 0.3) is 0 Å². The van der Waals surface area contributed by atoms with Gasteiger partial charge in [-0.25, -0.2) is 0 Å². The van der Waals surface area contributed by atoms with Crippen molar-refractivity contribution in [2.45, 2.75) is 13.3 Å². The summed E-state index contributed by atoms with van der Waals surface area (Å²) in [6.07, 6.45) is 0.625. The largest absolute Gasteiger partial charge is 1.00 e. The van der Waals surface area contributed by atoms with E-state index in [1.165, 1.54) is 0 Å². The second-order valence-electron chi connectivity index (χ2n) is 0.512. The Hall–Kier alpha value is 1.13. The predicted octanol–water partition coefficient (Wildman–Crippen LogP) is -1.96. The van der Waals surface area contributed by atoms with Crippen molar-refractivity contribution in [2.75, 3.05) is 0 Å². The Morgan fingerprint density at radius 2 is 2.20 bits per heavy atom. The maximum Gasteiger partial charge on any atom is 1.00 e. The molecule has 0 atom stereocenters. The number of nitriles is 1. The third-order valence-electron chi connectivity index (χ3n) is 0.158. The Labute approximate surface area is 76.3 Å². The molecule has 24 valence electrons. The van der Waals surface area contributed by atoms with Crippen LogP contribution < -0.4 is 51.4 Å². The molecule has 0 aliphatic rings. The molecule has 0 aliphatic heterocycles. The number of rotatable bonds is 0. The second-order valence-corrected chi connectivity index (χ2v) is 0.512. The molecular formula is C3H6KN. The summed E-state index contributed by atoms with van der Waals surface area (Å²) < 4.78 is 0. The van der Waals surface area contributed by atoms with Gasteiger partial charge in [-0.05, 0) is 0 Å². The van der Waals surface area contributed by atoms with Gasteiger partial charge in [0.1, 0.15) is 0 Å². The van der Waals surface area contributed by atoms with E-state index in [4.69, 9.17) is 5.26 Å². The topological polar surface area (TPSA) is 23.8 Å². The Kier molecular flexibility index (Phi) is 16.9. The molecule has 0 heterocycles. The van der Waals surface area contributed by atoms with E-state index in [0.29, 0.717) is 6.42 Å². The van der Waals surface area contributed by atoms with Gasteiger partial charge in [-0.1, -0.05) is 6.92 Å². The Morgan fingerprint density at radius 1 is 2.00 bits per heavy atom. The van der Waals surface area contributed by atoms with E-state index in [0.717, 1.165) is 0 Å². The van der Waals surface area contributed by atoms with Crippen LogP contribution in [0, 0.1) is 11.3 Å². The van der Waals surface area contributed by atoms with Crippen molar-refractivity contribution < 1.29 is 52.8 Å². The normalized spacial score (nSPS) is 4.00. The molecule has 0 amide bonds. The summed E-state index contributed by atoms with van der Waals surface area (Å²) in [6, 6.07) is 1.93. The van der Waals surface area contributed by atoms with Crippen molar-refractivity contribution in [3.05, 3.63) is 0 Å². The quantitative estimate of drug-likeness (QED) is 0.320. The maximum absolute atomic E-state index is 7.62.